The van der Waals surface area contributed by atoms with Crippen LogP contribution in [0.15, 0.2) is 0 Å². The summed E-state index contributed by atoms with van der Waals surface area (Å²) in [4.78, 5) is 13.1. The molecule has 1 heterocycles. The van der Waals surface area contributed by atoms with Gasteiger partial charge in [-0.05, 0) is 31.6 Å². The molecule has 2 fully saturated rings. The van der Waals surface area contributed by atoms with Crippen molar-refractivity contribution in [2.24, 2.45) is 11.8 Å². The van der Waals surface area contributed by atoms with Gasteiger partial charge in [0, 0.05) is 25.9 Å². The van der Waals surface area contributed by atoms with Gasteiger partial charge < -0.3 is 15.1 Å². The van der Waals surface area contributed by atoms with Crippen LogP contribution in [0.25, 0.3) is 0 Å². The summed E-state index contributed by atoms with van der Waals surface area (Å²) in [5.74, 6) is 0.00353. The van der Waals surface area contributed by atoms with Crippen LogP contribution < -0.4 is 0 Å². The number of aliphatic hydroxyl groups is 2. The lowest BCUT2D eigenvalue weighted by molar-refractivity contribution is -0.131. The van der Waals surface area contributed by atoms with E-state index in [9.17, 15) is 15.0 Å². The molecule has 6 heteroatoms. The van der Waals surface area contributed by atoms with Crippen LogP contribution in [0.1, 0.15) is 32.6 Å². The minimum atomic E-state index is -0.590. The maximum absolute atomic E-state index is 11.3. The topological polar surface area (TPSA) is 60.8 Å². The summed E-state index contributed by atoms with van der Waals surface area (Å²) in [6, 6.07) is 0. The summed E-state index contributed by atoms with van der Waals surface area (Å²) in [5.41, 5.74) is 0. The summed E-state index contributed by atoms with van der Waals surface area (Å²) >= 11 is 12.2. The first kappa shape index (κ1) is 16.3. The zero-order chi connectivity index (χ0) is 14.9. The number of likely N-dealkylation sites (tertiary alicyclic amines) is 1. The Bertz CT molecular complexity index is 347. The van der Waals surface area contributed by atoms with E-state index in [-0.39, 0.29) is 28.5 Å². The molecule has 0 aromatic heterocycles. The van der Waals surface area contributed by atoms with Crippen molar-refractivity contribution in [2.45, 2.75) is 55.6 Å². The average Bonchev–Trinajstić information content (AvgIpc) is 2.42. The van der Waals surface area contributed by atoms with Crippen LogP contribution in [0.5, 0.6) is 0 Å². The van der Waals surface area contributed by atoms with E-state index in [1.165, 1.54) is 0 Å². The quantitative estimate of drug-likeness (QED) is 0.759. The average molecular weight is 324 g/mol. The number of aliphatic hydroxyl groups excluding tert-OH is 2. The van der Waals surface area contributed by atoms with E-state index >= 15 is 0 Å². The highest BCUT2D eigenvalue weighted by molar-refractivity contribution is 6.30. The van der Waals surface area contributed by atoms with Gasteiger partial charge in [-0.3, -0.25) is 4.79 Å². The van der Waals surface area contributed by atoms with Crippen LogP contribution in [0.3, 0.4) is 0 Å². The predicted molar refractivity (Wildman–Crippen MR) is 79.0 cm³/mol. The lowest BCUT2D eigenvalue weighted by Crippen LogP contribution is -2.48. The first-order valence-corrected chi connectivity index (χ1v) is 8.17. The van der Waals surface area contributed by atoms with E-state index in [0.29, 0.717) is 25.9 Å². The Hall–Kier alpha value is -0.0300. The summed E-state index contributed by atoms with van der Waals surface area (Å²) in [6.45, 7) is 2.94. The van der Waals surface area contributed by atoms with Crippen molar-refractivity contribution in [1.82, 2.24) is 4.90 Å². The zero-order valence-corrected chi connectivity index (χ0v) is 13.2. The number of alkyl halides is 2. The number of carbonyl (C=O) groups excluding carboxylic acids is 1. The van der Waals surface area contributed by atoms with Crippen molar-refractivity contribution in [3.05, 3.63) is 0 Å². The minimum absolute atomic E-state index is 0.0847. The normalized spacial score (nSPS) is 37.8. The molecule has 1 saturated heterocycles. The van der Waals surface area contributed by atoms with Crippen LogP contribution in [0, 0.1) is 11.8 Å². The van der Waals surface area contributed by atoms with E-state index in [2.05, 4.69) is 0 Å². The Labute approximate surface area is 130 Å². The van der Waals surface area contributed by atoms with Gasteiger partial charge in [0.05, 0.1) is 23.0 Å². The fraction of sp³-hybridized carbons (Fsp3) is 0.929. The fourth-order valence-electron chi connectivity index (χ4n) is 3.39. The lowest BCUT2D eigenvalue weighted by atomic mass is 9.75. The molecule has 2 N–H and O–H groups in total. The van der Waals surface area contributed by atoms with Crippen LogP contribution in [-0.2, 0) is 4.79 Å². The smallest absolute Gasteiger partial charge is 0.219 e. The lowest BCUT2D eigenvalue weighted by Gasteiger charge is -2.41. The molecule has 0 radical (unpaired) electrons. The maximum Gasteiger partial charge on any atom is 0.219 e. The number of hydrogen-bond acceptors (Lipinski definition) is 3. The number of halogens is 2. The van der Waals surface area contributed by atoms with Crippen LogP contribution >= 0.6 is 23.2 Å². The van der Waals surface area contributed by atoms with Crippen molar-refractivity contribution in [3.63, 3.8) is 0 Å². The second-order valence-corrected chi connectivity index (χ2v) is 7.19. The van der Waals surface area contributed by atoms with Gasteiger partial charge >= 0.3 is 0 Å². The molecular formula is C14H23Cl2NO3. The molecule has 4 nitrogen and oxygen atoms in total. The molecule has 20 heavy (non-hydrogen) atoms. The summed E-state index contributed by atoms with van der Waals surface area (Å²) in [6.07, 6.45) is 1.38. The van der Waals surface area contributed by atoms with Gasteiger partial charge in [0.2, 0.25) is 5.91 Å². The largest absolute Gasteiger partial charge is 0.393 e. The molecule has 2 aliphatic rings. The van der Waals surface area contributed by atoms with Crippen molar-refractivity contribution in [2.75, 3.05) is 13.1 Å². The fourth-order valence-corrected chi connectivity index (χ4v) is 3.98. The molecule has 0 bridgehead atoms. The Kier molecular flexibility index (Phi) is 5.57. The van der Waals surface area contributed by atoms with Crippen molar-refractivity contribution in [1.29, 1.82) is 0 Å². The Morgan fingerprint density at radius 1 is 1.20 bits per heavy atom. The third-order valence-electron chi connectivity index (χ3n) is 4.76. The summed E-state index contributed by atoms with van der Waals surface area (Å²) in [5, 5.41) is 20.2. The number of piperidine rings is 1. The number of amides is 1. The van der Waals surface area contributed by atoms with Crippen LogP contribution in [0.4, 0.5) is 0 Å². The van der Waals surface area contributed by atoms with Gasteiger partial charge in [0.1, 0.15) is 0 Å². The molecular weight excluding hydrogens is 301 g/mol. The van der Waals surface area contributed by atoms with Crippen LogP contribution in [-0.4, -0.2) is 57.1 Å². The molecule has 2 rings (SSSR count). The number of nitrogens with zero attached hydrogens (tertiary/aromatic N) is 1. The first-order chi connectivity index (χ1) is 9.40. The molecule has 1 aliphatic carbocycles. The standard InChI is InChI=1S/C14H23Cl2NO3/c1-8(18)17-4-2-9(3-5-17)14(20)10-6-11(15)12(16)7-13(10)19/h9-14,19-20H,2-7H2,1H3. The molecule has 0 aromatic carbocycles. The third-order valence-corrected chi connectivity index (χ3v) is 5.85. The maximum atomic E-state index is 11.3. The molecule has 5 atom stereocenters. The number of rotatable bonds is 2. The van der Waals surface area contributed by atoms with E-state index < -0.39 is 12.2 Å². The molecule has 1 aliphatic heterocycles. The first-order valence-electron chi connectivity index (χ1n) is 7.30. The Balaban J connectivity index is 1.91. The second-order valence-electron chi connectivity index (χ2n) is 6.07. The molecule has 1 saturated carbocycles. The number of carbonyl (C=O) groups is 1. The van der Waals surface area contributed by atoms with Crippen molar-refractivity contribution < 1.29 is 15.0 Å². The van der Waals surface area contributed by atoms with Crippen LogP contribution in [0.2, 0.25) is 0 Å². The van der Waals surface area contributed by atoms with E-state index in [0.717, 1.165) is 12.8 Å². The molecule has 0 spiro atoms. The minimum Gasteiger partial charge on any atom is -0.393 e. The van der Waals surface area contributed by atoms with Gasteiger partial charge in [-0.15, -0.1) is 23.2 Å². The van der Waals surface area contributed by atoms with Crippen molar-refractivity contribution >= 4 is 29.1 Å². The van der Waals surface area contributed by atoms with Gasteiger partial charge in [-0.25, -0.2) is 0 Å². The SMILES string of the molecule is CC(=O)N1CCC(C(O)C2CC(Cl)C(Cl)CC2O)CC1. The van der Waals surface area contributed by atoms with E-state index in [1.54, 1.807) is 11.8 Å². The Morgan fingerprint density at radius 3 is 2.30 bits per heavy atom. The highest BCUT2D eigenvalue weighted by Crippen LogP contribution is 2.37. The van der Waals surface area contributed by atoms with Gasteiger partial charge in [-0.1, -0.05) is 0 Å². The molecule has 1 amide bonds. The third kappa shape index (κ3) is 3.59. The van der Waals surface area contributed by atoms with Gasteiger partial charge in [-0.2, -0.15) is 0 Å². The van der Waals surface area contributed by atoms with E-state index in [1.807, 2.05) is 0 Å². The summed E-state index contributed by atoms with van der Waals surface area (Å²) < 4.78 is 0. The molecule has 0 aromatic rings. The second kappa shape index (κ2) is 6.82. The zero-order valence-electron chi connectivity index (χ0n) is 11.7. The van der Waals surface area contributed by atoms with Crippen molar-refractivity contribution in [3.8, 4) is 0 Å². The number of hydrogen-bond donors (Lipinski definition) is 2. The molecule has 5 unspecified atom stereocenters. The van der Waals surface area contributed by atoms with Gasteiger partial charge in [0.25, 0.3) is 0 Å². The monoisotopic (exact) mass is 323 g/mol. The summed E-state index contributed by atoms with van der Waals surface area (Å²) in [7, 11) is 0. The van der Waals surface area contributed by atoms with Gasteiger partial charge in [0.15, 0.2) is 0 Å². The molecule has 116 valence electrons. The highest BCUT2D eigenvalue weighted by Gasteiger charge is 2.41. The predicted octanol–water partition coefficient (Wildman–Crippen LogP) is 1.59. The Morgan fingerprint density at radius 2 is 1.75 bits per heavy atom. The highest BCUT2D eigenvalue weighted by atomic mass is 35.5. The van der Waals surface area contributed by atoms with E-state index in [4.69, 9.17) is 23.2 Å².